The molecular formula is C9H21NO4. The lowest BCUT2D eigenvalue weighted by atomic mass is 10.3. The molecule has 0 heterocycles. The van der Waals surface area contributed by atoms with Gasteiger partial charge in [-0.05, 0) is 6.42 Å². The molecule has 0 aromatic heterocycles. The third-order valence-corrected chi connectivity index (χ3v) is 1.60. The Morgan fingerprint density at radius 3 is 2.43 bits per heavy atom. The Bertz CT molecular complexity index is 105. The third kappa shape index (κ3) is 8.40. The van der Waals surface area contributed by atoms with Crippen molar-refractivity contribution in [3.8, 4) is 0 Å². The summed E-state index contributed by atoms with van der Waals surface area (Å²) in [4.78, 5) is 5.22. The molecule has 0 aromatic rings. The zero-order valence-corrected chi connectivity index (χ0v) is 8.81. The second-order valence-corrected chi connectivity index (χ2v) is 2.88. The van der Waals surface area contributed by atoms with Crippen LogP contribution in [0.1, 0.15) is 19.8 Å². The fraction of sp³-hybridized carbons (Fsp3) is 1.00. The summed E-state index contributed by atoms with van der Waals surface area (Å²) in [5.41, 5.74) is 0. The second-order valence-electron chi connectivity index (χ2n) is 2.88. The van der Waals surface area contributed by atoms with E-state index in [9.17, 15) is 0 Å². The molecule has 86 valence electrons. The van der Waals surface area contributed by atoms with Crippen molar-refractivity contribution in [1.82, 2.24) is 5.06 Å². The number of hydrogen-bond acceptors (Lipinski definition) is 5. The van der Waals surface area contributed by atoms with Crippen LogP contribution in [0.4, 0.5) is 0 Å². The van der Waals surface area contributed by atoms with E-state index in [2.05, 4.69) is 6.92 Å². The van der Waals surface area contributed by atoms with E-state index in [1.807, 2.05) is 0 Å². The summed E-state index contributed by atoms with van der Waals surface area (Å²) in [5, 5.41) is 18.7. The number of unbranched alkanes of at least 4 members (excludes halogenated alkanes) is 1. The monoisotopic (exact) mass is 207 g/mol. The van der Waals surface area contributed by atoms with Crippen molar-refractivity contribution < 1.29 is 19.8 Å². The highest BCUT2D eigenvalue weighted by Crippen LogP contribution is 1.96. The molecule has 0 bridgehead atoms. The molecule has 0 rings (SSSR count). The first-order valence-electron chi connectivity index (χ1n) is 5.02. The van der Waals surface area contributed by atoms with E-state index in [1.165, 1.54) is 0 Å². The summed E-state index contributed by atoms with van der Waals surface area (Å²) in [7, 11) is 0. The van der Waals surface area contributed by atoms with E-state index in [4.69, 9.17) is 19.8 Å². The lowest BCUT2D eigenvalue weighted by molar-refractivity contribution is -0.214. The van der Waals surface area contributed by atoms with Gasteiger partial charge in [-0.2, -0.15) is 5.06 Å². The quantitative estimate of drug-likeness (QED) is 0.299. The molecule has 0 saturated carbocycles. The first-order chi connectivity index (χ1) is 6.85. The Balaban J connectivity index is 3.49. The lowest BCUT2D eigenvalue weighted by Crippen LogP contribution is -2.29. The largest absolute Gasteiger partial charge is 0.394 e. The first-order valence-corrected chi connectivity index (χ1v) is 5.02. The van der Waals surface area contributed by atoms with Crippen LogP contribution in [0.15, 0.2) is 0 Å². The Hall–Kier alpha value is -0.200. The number of ether oxygens (including phenoxy) is 1. The Labute approximate surface area is 85.2 Å². The van der Waals surface area contributed by atoms with Crippen LogP contribution in [0.25, 0.3) is 0 Å². The number of aliphatic hydroxyl groups is 2. The summed E-state index contributed by atoms with van der Waals surface area (Å²) in [6.45, 7) is 3.82. The highest BCUT2D eigenvalue weighted by atomic mass is 16.7. The fourth-order valence-electron chi connectivity index (χ4n) is 0.902. The second kappa shape index (κ2) is 10.9. The maximum Gasteiger partial charge on any atom is 0.122 e. The Kier molecular flexibility index (Phi) is 10.7. The summed E-state index contributed by atoms with van der Waals surface area (Å²) < 4.78 is 5.11. The average molecular weight is 207 g/mol. The van der Waals surface area contributed by atoms with Gasteiger partial charge in [0.2, 0.25) is 0 Å². The number of rotatable bonds is 10. The van der Waals surface area contributed by atoms with Crippen LogP contribution in [0.2, 0.25) is 0 Å². The van der Waals surface area contributed by atoms with Crippen LogP contribution < -0.4 is 0 Å². The Morgan fingerprint density at radius 2 is 1.86 bits per heavy atom. The van der Waals surface area contributed by atoms with E-state index in [0.717, 1.165) is 19.4 Å². The van der Waals surface area contributed by atoms with Gasteiger partial charge in [0.25, 0.3) is 0 Å². The Morgan fingerprint density at radius 1 is 1.14 bits per heavy atom. The SMILES string of the molecule is CCCCN(COCCO)OCCO. The average Bonchev–Trinajstić information content (AvgIpc) is 2.21. The fourth-order valence-corrected chi connectivity index (χ4v) is 0.902. The van der Waals surface area contributed by atoms with Gasteiger partial charge in [-0.15, -0.1) is 0 Å². The number of aliphatic hydroxyl groups excluding tert-OH is 2. The van der Waals surface area contributed by atoms with E-state index in [1.54, 1.807) is 5.06 Å². The zero-order valence-electron chi connectivity index (χ0n) is 8.81. The van der Waals surface area contributed by atoms with E-state index in [-0.39, 0.29) is 19.8 Å². The van der Waals surface area contributed by atoms with Crippen LogP contribution >= 0.6 is 0 Å². The molecule has 0 aliphatic carbocycles. The van der Waals surface area contributed by atoms with Crippen molar-refractivity contribution in [2.45, 2.75) is 19.8 Å². The molecule has 0 aliphatic rings. The van der Waals surface area contributed by atoms with Gasteiger partial charge in [0.1, 0.15) is 6.73 Å². The van der Waals surface area contributed by atoms with Crippen molar-refractivity contribution in [1.29, 1.82) is 0 Å². The van der Waals surface area contributed by atoms with Gasteiger partial charge in [-0.3, -0.25) is 4.84 Å². The van der Waals surface area contributed by atoms with Crippen LogP contribution in [0, 0.1) is 0 Å². The zero-order chi connectivity index (χ0) is 10.6. The molecule has 0 radical (unpaired) electrons. The van der Waals surface area contributed by atoms with E-state index >= 15 is 0 Å². The van der Waals surface area contributed by atoms with Gasteiger partial charge in [-0.1, -0.05) is 13.3 Å². The third-order valence-electron chi connectivity index (χ3n) is 1.60. The molecule has 0 aromatic carbocycles. The highest BCUT2D eigenvalue weighted by Gasteiger charge is 2.03. The molecular weight excluding hydrogens is 186 g/mol. The lowest BCUT2D eigenvalue weighted by Gasteiger charge is -2.20. The molecule has 0 saturated heterocycles. The molecule has 2 N–H and O–H groups in total. The van der Waals surface area contributed by atoms with Crippen molar-refractivity contribution in [2.75, 3.05) is 39.7 Å². The van der Waals surface area contributed by atoms with Gasteiger partial charge < -0.3 is 14.9 Å². The summed E-state index contributed by atoms with van der Waals surface area (Å²) in [6, 6.07) is 0. The number of nitrogens with zero attached hydrogens (tertiary/aromatic N) is 1. The molecule has 0 atom stereocenters. The molecule has 0 amide bonds. The smallest absolute Gasteiger partial charge is 0.122 e. The van der Waals surface area contributed by atoms with Crippen molar-refractivity contribution in [3.63, 3.8) is 0 Å². The maximum absolute atomic E-state index is 8.58. The summed E-state index contributed by atoms with van der Waals surface area (Å²) in [6.07, 6.45) is 2.10. The van der Waals surface area contributed by atoms with Crippen LogP contribution in [-0.2, 0) is 9.57 Å². The number of hydroxylamine groups is 2. The molecule has 0 aliphatic heterocycles. The van der Waals surface area contributed by atoms with Crippen LogP contribution in [0.5, 0.6) is 0 Å². The maximum atomic E-state index is 8.58. The minimum Gasteiger partial charge on any atom is -0.394 e. The van der Waals surface area contributed by atoms with Gasteiger partial charge in [-0.25, -0.2) is 0 Å². The molecule has 5 heteroatoms. The molecule has 0 spiro atoms. The number of hydrogen-bond donors (Lipinski definition) is 2. The minimum atomic E-state index is 0.00260. The van der Waals surface area contributed by atoms with E-state index < -0.39 is 0 Å². The standard InChI is InChI=1S/C9H21NO4/c1-2-3-4-10(14-8-6-12)9-13-7-5-11/h11-12H,2-9H2,1H3. The molecule has 5 nitrogen and oxygen atoms in total. The highest BCUT2D eigenvalue weighted by molar-refractivity contribution is 4.41. The van der Waals surface area contributed by atoms with Gasteiger partial charge in [0, 0.05) is 6.54 Å². The van der Waals surface area contributed by atoms with Gasteiger partial charge in [0.05, 0.1) is 26.4 Å². The summed E-state index contributed by atoms with van der Waals surface area (Å²) >= 11 is 0. The predicted octanol–water partition coefficient (Wildman–Crippen LogP) is -0.0212. The molecule has 0 fully saturated rings. The van der Waals surface area contributed by atoms with Crippen molar-refractivity contribution in [3.05, 3.63) is 0 Å². The predicted molar refractivity (Wildman–Crippen MR) is 52.6 cm³/mol. The van der Waals surface area contributed by atoms with Gasteiger partial charge >= 0.3 is 0 Å². The van der Waals surface area contributed by atoms with Crippen molar-refractivity contribution in [2.24, 2.45) is 0 Å². The summed E-state index contributed by atoms with van der Waals surface area (Å²) in [5.74, 6) is 0. The van der Waals surface area contributed by atoms with Crippen LogP contribution in [0.3, 0.4) is 0 Å². The first kappa shape index (κ1) is 13.8. The topological polar surface area (TPSA) is 62.2 Å². The molecule has 14 heavy (non-hydrogen) atoms. The van der Waals surface area contributed by atoms with Crippen molar-refractivity contribution >= 4 is 0 Å². The van der Waals surface area contributed by atoms with E-state index in [0.29, 0.717) is 13.3 Å². The minimum absolute atomic E-state index is 0.00260. The normalized spacial score (nSPS) is 11.1. The van der Waals surface area contributed by atoms with Gasteiger partial charge in [0.15, 0.2) is 0 Å². The molecule has 0 unspecified atom stereocenters. The van der Waals surface area contributed by atoms with Crippen LogP contribution in [-0.4, -0.2) is 55.0 Å².